The number of amides is 2. The van der Waals surface area contributed by atoms with E-state index in [9.17, 15) is 9.59 Å². The first-order valence-electron chi connectivity index (χ1n) is 5.23. The summed E-state index contributed by atoms with van der Waals surface area (Å²) >= 11 is 9.03. The van der Waals surface area contributed by atoms with Crippen LogP contribution in [0.3, 0.4) is 0 Å². The normalized spacial score (nSPS) is 20.2. The number of imide groups is 1. The van der Waals surface area contributed by atoms with E-state index in [1.165, 1.54) is 4.90 Å². The summed E-state index contributed by atoms with van der Waals surface area (Å²) in [6.07, 6.45) is 0.206. The molecule has 0 radical (unpaired) electrons. The standard InChI is InChI=1S/C12H11BrClNO2/c1-7-4-9(13)2-3-10(7)15-11(16)5-8(6-14)12(15)17/h2-4,8H,5-6H2,1H3. The number of anilines is 1. The zero-order chi connectivity index (χ0) is 12.6. The number of hydrogen-bond donors (Lipinski definition) is 0. The van der Waals surface area contributed by atoms with E-state index in [2.05, 4.69) is 15.9 Å². The first-order chi connectivity index (χ1) is 8.04. The zero-order valence-corrected chi connectivity index (χ0v) is 11.6. The van der Waals surface area contributed by atoms with Crippen LogP contribution in [0.5, 0.6) is 0 Å². The second kappa shape index (κ2) is 4.78. The molecule has 3 nitrogen and oxygen atoms in total. The van der Waals surface area contributed by atoms with Gasteiger partial charge in [-0.25, -0.2) is 4.90 Å². The molecule has 1 aromatic rings. The van der Waals surface area contributed by atoms with E-state index >= 15 is 0 Å². The van der Waals surface area contributed by atoms with Crippen molar-refractivity contribution < 1.29 is 9.59 Å². The molecule has 1 heterocycles. The predicted molar refractivity (Wildman–Crippen MR) is 70.2 cm³/mol. The summed E-state index contributed by atoms with van der Waals surface area (Å²) in [5, 5.41) is 0. The number of aryl methyl sites for hydroxylation is 1. The highest BCUT2D eigenvalue weighted by atomic mass is 79.9. The summed E-state index contributed by atoms with van der Waals surface area (Å²) < 4.78 is 0.923. The van der Waals surface area contributed by atoms with Crippen LogP contribution in [0, 0.1) is 12.8 Å². The van der Waals surface area contributed by atoms with Crippen LogP contribution in [0.2, 0.25) is 0 Å². The van der Waals surface area contributed by atoms with Crippen LogP contribution in [-0.4, -0.2) is 17.7 Å². The maximum atomic E-state index is 12.0. The number of carbonyl (C=O) groups excluding carboxylic acids is 2. The van der Waals surface area contributed by atoms with Crippen LogP contribution in [0.15, 0.2) is 22.7 Å². The fourth-order valence-electron chi connectivity index (χ4n) is 1.94. The summed E-state index contributed by atoms with van der Waals surface area (Å²) in [6, 6.07) is 5.46. The fraction of sp³-hybridized carbons (Fsp3) is 0.333. The number of benzene rings is 1. The lowest BCUT2D eigenvalue weighted by Crippen LogP contribution is -2.31. The van der Waals surface area contributed by atoms with Gasteiger partial charge in [0.05, 0.1) is 11.6 Å². The molecule has 1 aliphatic heterocycles. The molecule has 0 spiro atoms. The van der Waals surface area contributed by atoms with E-state index in [0.717, 1.165) is 10.0 Å². The van der Waals surface area contributed by atoms with Crippen molar-refractivity contribution in [3.63, 3.8) is 0 Å². The number of hydrogen-bond acceptors (Lipinski definition) is 2. The lowest BCUT2D eigenvalue weighted by Gasteiger charge is -2.17. The van der Waals surface area contributed by atoms with E-state index in [4.69, 9.17) is 11.6 Å². The Hall–Kier alpha value is -0.870. The van der Waals surface area contributed by atoms with Gasteiger partial charge in [-0.15, -0.1) is 11.6 Å². The van der Waals surface area contributed by atoms with Crippen LogP contribution < -0.4 is 4.90 Å². The molecule has 1 atom stereocenters. The number of halogens is 2. The molecule has 2 rings (SSSR count). The molecular formula is C12H11BrClNO2. The van der Waals surface area contributed by atoms with Crippen molar-refractivity contribution in [3.05, 3.63) is 28.2 Å². The molecule has 5 heteroatoms. The monoisotopic (exact) mass is 315 g/mol. The molecule has 1 fully saturated rings. The molecule has 1 unspecified atom stereocenters. The van der Waals surface area contributed by atoms with Gasteiger partial charge in [-0.3, -0.25) is 9.59 Å². The maximum absolute atomic E-state index is 12.0. The van der Waals surface area contributed by atoms with Gasteiger partial charge in [0.25, 0.3) is 0 Å². The highest BCUT2D eigenvalue weighted by Gasteiger charge is 2.39. The Morgan fingerprint density at radius 2 is 2.18 bits per heavy atom. The molecule has 90 valence electrons. The Morgan fingerprint density at radius 3 is 2.71 bits per heavy atom. The third-order valence-corrected chi connectivity index (χ3v) is 3.69. The largest absolute Gasteiger partial charge is 0.274 e. The highest BCUT2D eigenvalue weighted by molar-refractivity contribution is 9.10. The second-order valence-corrected chi connectivity index (χ2v) is 5.28. The van der Waals surface area contributed by atoms with Gasteiger partial charge in [0.15, 0.2) is 0 Å². The van der Waals surface area contributed by atoms with Crippen LogP contribution >= 0.6 is 27.5 Å². The molecule has 1 aliphatic rings. The first-order valence-corrected chi connectivity index (χ1v) is 6.56. The topological polar surface area (TPSA) is 37.4 Å². The summed E-state index contributed by atoms with van der Waals surface area (Å²) in [4.78, 5) is 25.1. The van der Waals surface area contributed by atoms with Gasteiger partial charge in [-0.1, -0.05) is 15.9 Å². The molecule has 0 aliphatic carbocycles. The number of alkyl halides is 1. The lowest BCUT2D eigenvalue weighted by molar-refractivity contribution is -0.122. The number of rotatable bonds is 2. The smallest absolute Gasteiger partial charge is 0.238 e. The molecule has 0 aromatic heterocycles. The Bertz CT molecular complexity index is 489. The van der Waals surface area contributed by atoms with Gasteiger partial charge in [0.2, 0.25) is 11.8 Å². The van der Waals surface area contributed by atoms with Gasteiger partial charge in [0.1, 0.15) is 0 Å². The SMILES string of the molecule is Cc1cc(Br)ccc1N1C(=O)CC(CCl)C1=O. The van der Waals surface area contributed by atoms with Gasteiger partial charge in [-0.2, -0.15) is 0 Å². The minimum Gasteiger partial charge on any atom is -0.274 e. The van der Waals surface area contributed by atoms with Crippen molar-refractivity contribution in [2.75, 3.05) is 10.8 Å². The second-order valence-electron chi connectivity index (χ2n) is 4.05. The van der Waals surface area contributed by atoms with E-state index in [0.29, 0.717) is 5.69 Å². The maximum Gasteiger partial charge on any atom is 0.238 e. The van der Waals surface area contributed by atoms with Crippen molar-refractivity contribution in [3.8, 4) is 0 Å². The summed E-state index contributed by atoms with van der Waals surface area (Å²) in [5.41, 5.74) is 1.53. The predicted octanol–water partition coefficient (Wildman–Crippen LogP) is 2.88. The summed E-state index contributed by atoms with van der Waals surface area (Å²) in [5.74, 6) is -0.565. The number of nitrogens with zero attached hydrogens (tertiary/aromatic N) is 1. The van der Waals surface area contributed by atoms with Crippen molar-refractivity contribution in [1.29, 1.82) is 0 Å². The van der Waals surface area contributed by atoms with E-state index in [-0.39, 0.29) is 30.0 Å². The lowest BCUT2D eigenvalue weighted by atomic mass is 10.1. The van der Waals surface area contributed by atoms with Crippen molar-refractivity contribution in [2.24, 2.45) is 5.92 Å². The Balaban J connectivity index is 2.40. The van der Waals surface area contributed by atoms with Crippen LogP contribution in [-0.2, 0) is 9.59 Å². The quantitative estimate of drug-likeness (QED) is 0.621. The van der Waals surface area contributed by atoms with Crippen molar-refractivity contribution >= 4 is 45.0 Å². The Morgan fingerprint density at radius 1 is 1.47 bits per heavy atom. The summed E-state index contributed by atoms with van der Waals surface area (Å²) in [6.45, 7) is 1.87. The first kappa shape index (κ1) is 12.6. The molecule has 2 amide bonds. The fourth-order valence-corrected chi connectivity index (χ4v) is 2.65. The summed E-state index contributed by atoms with van der Waals surface area (Å²) in [7, 11) is 0. The molecule has 0 saturated carbocycles. The van der Waals surface area contributed by atoms with E-state index in [1.54, 1.807) is 6.07 Å². The van der Waals surface area contributed by atoms with Crippen molar-refractivity contribution in [2.45, 2.75) is 13.3 Å². The van der Waals surface area contributed by atoms with Crippen LogP contribution in [0.4, 0.5) is 5.69 Å². The Labute approximate surface area is 113 Å². The molecule has 17 heavy (non-hydrogen) atoms. The Kier molecular flexibility index (Phi) is 3.54. The molecule has 1 aromatic carbocycles. The van der Waals surface area contributed by atoms with E-state index in [1.807, 2.05) is 19.1 Å². The van der Waals surface area contributed by atoms with Gasteiger partial charge < -0.3 is 0 Å². The van der Waals surface area contributed by atoms with Gasteiger partial charge >= 0.3 is 0 Å². The van der Waals surface area contributed by atoms with Crippen LogP contribution in [0.1, 0.15) is 12.0 Å². The van der Waals surface area contributed by atoms with E-state index < -0.39 is 0 Å². The molecule has 1 saturated heterocycles. The van der Waals surface area contributed by atoms with Crippen LogP contribution in [0.25, 0.3) is 0 Å². The third kappa shape index (κ3) is 2.24. The average Bonchev–Trinajstić information content (AvgIpc) is 2.55. The minimum absolute atomic E-state index is 0.175. The molecule has 0 N–H and O–H groups in total. The average molecular weight is 317 g/mol. The highest BCUT2D eigenvalue weighted by Crippen LogP contribution is 2.30. The number of carbonyl (C=O) groups is 2. The van der Waals surface area contributed by atoms with Crippen molar-refractivity contribution in [1.82, 2.24) is 0 Å². The van der Waals surface area contributed by atoms with Gasteiger partial charge in [-0.05, 0) is 30.7 Å². The minimum atomic E-state index is -0.382. The molecular weight excluding hydrogens is 305 g/mol. The molecule has 0 bridgehead atoms. The third-order valence-electron chi connectivity index (χ3n) is 2.83. The zero-order valence-electron chi connectivity index (χ0n) is 9.24. The van der Waals surface area contributed by atoms with Gasteiger partial charge in [0, 0.05) is 16.8 Å².